The van der Waals surface area contributed by atoms with Crippen molar-refractivity contribution in [3.8, 4) is 44.5 Å². The van der Waals surface area contributed by atoms with E-state index in [-0.39, 0.29) is 0 Å². The third-order valence-corrected chi connectivity index (χ3v) is 10.4. The average molecular weight is 670 g/mol. The first-order valence-corrected chi connectivity index (χ1v) is 18.5. The van der Waals surface area contributed by atoms with Crippen LogP contribution in [0.5, 0.6) is 0 Å². The number of aliphatic imine (C=N–C) groups is 2. The molecule has 0 unspecified atom stereocenters. The van der Waals surface area contributed by atoms with Gasteiger partial charge in [-0.2, -0.15) is 0 Å². The van der Waals surface area contributed by atoms with Crippen LogP contribution in [0.4, 0.5) is 11.4 Å². The zero-order valence-corrected chi connectivity index (χ0v) is 29.2. The van der Waals surface area contributed by atoms with Gasteiger partial charge in [-0.15, -0.1) is 0 Å². The summed E-state index contributed by atoms with van der Waals surface area (Å²) < 4.78 is 0. The van der Waals surface area contributed by atoms with E-state index in [0.29, 0.717) is 0 Å². The summed E-state index contributed by atoms with van der Waals surface area (Å²) in [5.41, 5.74) is 18.0. The standard InChI is InChI=1S/C49H39N3/c1-5-17-34(18-6-1)40-27-15-28-41(35-19-7-2-8-20-35)48(40)50-44-31-13-25-38-33-39-26-14-32-45(47(39)52-46(38)44)51-49-42(36-21-9-3-10-22-36)29-16-30-43(49)37-23-11-4-12-24-37/h1-12,15-24,27-30,33H,13-14,25-26,31-32H2. The van der Waals surface area contributed by atoms with Crippen molar-refractivity contribution in [1.82, 2.24) is 4.98 Å². The molecule has 2 aliphatic rings. The molecule has 0 amide bonds. The van der Waals surface area contributed by atoms with Crippen LogP contribution in [0.15, 0.2) is 174 Å². The van der Waals surface area contributed by atoms with Crippen LogP contribution in [0.25, 0.3) is 44.5 Å². The molecule has 0 N–H and O–H groups in total. The Morgan fingerprint density at radius 2 is 0.673 bits per heavy atom. The fourth-order valence-corrected chi connectivity index (χ4v) is 7.83. The summed E-state index contributed by atoms with van der Waals surface area (Å²) in [6.45, 7) is 0. The van der Waals surface area contributed by atoms with Crippen LogP contribution in [0, 0.1) is 0 Å². The average Bonchev–Trinajstić information content (AvgIpc) is 3.22. The Labute approximate surface area is 306 Å². The van der Waals surface area contributed by atoms with E-state index >= 15 is 0 Å². The molecule has 0 atom stereocenters. The van der Waals surface area contributed by atoms with E-state index in [1.54, 1.807) is 0 Å². The normalized spacial score (nSPS) is 15.3. The van der Waals surface area contributed by atoms with Crippen molar-refractivity contribution in [3.63, 3.8) is 0 Å². The van der Waals surface area contributed by atoms with Crippen LogP contribution >= 0.6 is 0 Å². The number of benzene rings is 6. The number of pyridine rings is 1. The van der Waals surface area contributed by atoms with Crippen molar-refractivity contribution in [2.45, 2.75) is 38.5 Å². The molecule has 0 bridgehead atoms. The van der Waals surface area contributed by atoms with Gasteiger partial charge in [0.25, 0.3) is 0 Å². The predicted octanol–water partition coefficient (Wildman–Crippen LogP) is 12.7. The summed E-state index contributed by atoms with van der Waals surface area (Å²) in [4.78, 5) is 16.7. The minimum atomic E-state index is 0.887. The van der Waals surface area contributed by atoms with Gasteiger partial charge in [0.1, 0.15) is 0 Å². The van der Waals surface area contributed by atoms with Crippen LogP contribution in [-0.2, 0) is 12.8 Å². The molecule has 0 saturated heterocycles. The molecule has 0 fully saturated rings. The van der Waals surface area contributed by atoms with Gasteiger partial charge in [-0.3, -0.25) is 0 Å². The molecule has 7 aromatic rings. The maximum atomic E-state index is 5.59. The molecule has 1 heterocycles. The van der Waals surface area contributed by atoms with E-state index in [9.17, 15) is 0 Å². The van der Waals surface area contributed by atoms with Crippen LogP contribution in [0.2, 0.25) is 0 Å². The van der Waals surface area contributed by atoms with Crippen LogP contribution in [0.3, 0.4) is 0 Å². The van der Waals surface area contributed by atoms with Gasteiger partial charge in [0.2, 0.25) is 0 Å². The van der Waals surface area contributed by atoms with Gasteiger partial charge in [0.15, 0.2) is 0 Å². The highest BCUT2D eigenvalue weighted by Gasteiger charge is 2.26. The number of hydrogen-bond donors (Lipinski definition) is 0. The van der Waals surface area contributed by atoms with E-state index in [4.69, 9.17) is 15.0 Å². The zero-order valence-electron chi connectivity index (χ0n) is 29.2. The zero-order chi connectivity index (χ0) is 34.7. The van der Waals surface area contributed by atoms with Gasteiger partial charge in [0, 0.05) is 22.3 Å². The lowest BCUT2D eigenvalue weighted by Crippen LogP contribution is -2.21. The Balaban J connectivity index is 1.22. The molecule has 3 heteroatoms. The molecule has 2 aliphatic carbocycles. The molecule has 1 aromatic heterocycles. The lowest BCUT2D eigenvalue weighted by atomic mass is 9.87. The Hall–Kier alpha value is -6.19. The van der Waals surface area contributed by atoms with Crippen molar-refractivity contribution < 1.29 is 0 Å². The molecule has 9 rings (SSSR count). The van der Waals surface area contributed by atoms with Gasteiger partial charge in [-0.25, -0.2) is 15.0 Å². The van der Waals surface area contributed by atoms with Crippen molar-refractivity contribution in [2.24, 2.45) is 9.98 Å². The van der Waals surface area contributed by atoms with Gasteiger partial charge < -0.3 is 0 Å². The molecule has 0 saturated carbocycles. The maximum absolute atomic E-state index is 5.59. The molecule has 3 nitrogen and oxygen atoms in total. The number of hydrogen-bond acceptors (Lipinski definition) is 3. The first-order valence-electron chi connectivity index (χ1n) is 18.5. The number of rotatable bonds is 6. The molecule has 0 radical (unpaired) electrons. The SMILES string of the molecule is c1ccc(-c2cccc(-c3ccccc3)c2N=C2CCCc3cc4c(nc32)C(=Nc2c(-c3ccccc3)cccc2-c2ccccc2)CCC4)cc1. The molecular weight excluding hydrogens is 631 g/mol. The quantitative estimate of drug-likeness (QED) is 0.174. The number of para-hydroxylation sites is 2. The number of aromatic nitrogens is 1. The molecule has 0 spiro atoms. The number of nitrogens with zero attached hydrogens (tertiary/aromatic N) is 3. The van der Waals surface area contributed by atoms with E-state index in [2.05, 4.69) is 164 Å². The summed E-state index contributed by atoms with van der Waals surface area (Å²) in [6, 6.07) is 58.0. The van der Waals surface area contributed by atoms with Crippen molar-refractivity contribution >= 4 is 22.8 Å². The summed E-state index contributed by atoms with van der Waals surface area (Å²) in [6.07, 6.45) is 5.93. The second-order valence-electron chi connectivity index (χ2n) is 13.7. The van der Waals surface area contributed by atoms with Crippen LogP contribution < -0.4 is 0 Å². The number of aryl methyl sites for hydroxylation is 2. The topological polar surface area (TPSA) is 37.6 Å². The molecule has 250 valence electrons. The Kier molecular flexibility index (Phi) is 8.68. The number of fused-ring (bicyclic) bond motifs is 2. The minimum absolute atomic E-state index is 0.887. The third kappa shape index (κ3) is 6.20. The van der Waals surface area contributed by atoms with E-state index < -0.39 is 0 Å². The lowest BCUT2D eigenvalue weighted by molar-refractivity contribution is 0.792. The maximum Gasteiger partial charge on any atom is 0.0884 e. The second-order valence-corrected chi connectivity index (χ2v) is 13.7. The summed E-state index contributed by atoms with van der Waals surface area (Å²) in [7, 11) is 0. The highest BCUT2D eigenvalue weighted by atomic mass is 14.9. The van der Waals surface area contributed by atoms with Crippen molar-refractivity contribution in [2.75, 3.05) is 0 Å². The van der Waals surface area contributed by atoms with E-state index in [0.717, 1.165) is 117 Å². The van der Waals surface area contributed by atoms with Crippen molar-refractivity contribution in [1.29, 1.82) is 0 Å². The fourth-order valence-electron chi connectivity index (χ4n) is 7.83. The van der Waals surface area contributed by atoms with Gasteiger partial charge >= 0.3 is 0 Å². The lowest BCUT2D eigenvalue weighted by Gasteiger charge is -2.24. The van der Waals surface area contributed by atoms with Crippen LogP contribution in [-0.4, -0.2) is 16.4 Å². The Morgan fingerprint density at radius 1 is 0.346 bits per heavy atom. The molecule has 52 heavy (non-hydrogen) atoms. The van der Waals surface area contributed by atoms with E-state index in [1.807, 2.05) is 0 Å². The smallest absolute Gasteiger partial charge is 0.0884 e. The molecule has 0 aliphatic heterocycles. The minimum Gasteiger partial charge on any atom is -0.250 e. The molecular formula is C49H39N3. The van der Waals surface area contributed by atoms with E-state index in [1.165, 1.54) is 11.1 Å². The second kappa shape index (κ2) is 14.2. The highest BCUT2D eigenvalue weighted by Crippen LogP contribution is 2.42. The summed E-state index contributed by atoms with van der Waals surface area (Å²) >= 11 is 0. The van der Waals surface area contributed by atoms with Gasteiger partial charge in [-0.05, 0) is 71.9 Å². The van der Waals surface area contributed by atoms with Gasteiger partial charge in [0.05, 0.1) is 34.2 Å². The Morgan fingerprint density at radius 3 is 1.00 bits per heavy atom. The largest absolute Gasteiger partial charge is 0.250 e. The summed E-state index contributed by atoms with van der Waals surface area (Å²) in [5.74, 6) is 0. The van der Waals surface area contributed by atoms with Crippen molar-refractivity contribution in [3.05, 3.63) is 186 Å². The van der Waals surface area contributed by atoms with Gasteiger partial charge in [-0.1, -0.05) is 164 Å². The molecule has 6 aromatic carbocycles. The monoisotopic (exact) mass is 669 g/mol. The first kappa shape index (κ1) is 31.8. The van der Waals surface area contributed by atoms with Crippen LogP contribution in [0.1, 0.15) is 48.2 Å². The third-order valence-electron chi connectivity index (χ3n) is 10.4. The summed E-state index contributed by atoms with van der Waals surface area (Å²) in [5, 5.41) is 0. The first-order chi connectivity index (χ1) is 25.8. The fraction of sp³-hybridized carbons (Fsp3) is 0.122. The Bertz CT molecular complexity index is 2140. The highest BCUT2D eigenvalue weighted by molar-refractivity contribution is 6.08. The predicted molar refractivity (Wildman–Crippen MR) is 217 cm³/mol.